The molecule has 1 aliphatic heterocycles. The topological polar surface area (TPSA) is 28.4 Å². The summed E-state index contributed by atoms with van der Waals surface area (Å²) in [7, 11) is 1.94. The molecule has 0 spiro atoms. The Morgan fingerprint density at radius 3 is 2.82 bits per heavy atom. The molecule has 0 aromatic carbocycles. The monoisotopic (exact) mass is 236 g/mol. The minimum atomic E-state index is 0.677. The maximum atomic E-state index is 5.80. The number of hydrogen-bond acceptors (Lipinski definition) is 3. The summed E-state index contributed by atoms with van der Waals surface area (Å²) in [5.74, 6) is 3.00. The van der Waals surface area contributed by atoms with Crippen LogP contribution in [-0.2, 0) is 13.1 Å². The fraction of sp³-hybridized carbons (Fsp3) is 0.714. The Hall–Kier alpha value is -0.800. The fourth-order valence-corrected chi connectivity index (χ4v) is 2.67. The van der Waals surface area contributed by atoms with E-state index in [2.05, 4.69) is 36.2 Å². The van der Waals surface area contributed by atoms with Gasteiger partial charge in [0.15, 0.2) is 0 Å². The Bertz CT molecular complexity index is 348. The van der Waals surface area contributed by atoms with Gasteiger partial charge in [0.2, 0.25) is 0 Å². The quantitative estimate of drug-likeness (QED) is 0.871. The van der Waals surface area contributed by atoms with Crippen LogP contribution >= 0.6 is 0 Å². The first-order valence-corrected chi connectivity index (χ1v) is 6.65. The lowest BCUT2D eigenvalue weighted by molar-refractivity contribution is 0.113. The molecule has 2 unspecified atom stereocenters. The Morgan fingerprint density at radius 1 is 1.35 bits per heavy atom. The van der Waals surface area contributed by atoms with Gasteiger partial charge in [0, 0.05) is 6.04 Å². The van der Waals surface area contributed by atoms with Gasteiger partial charge < -0.3 is 9.73 Å². The molecule has 2 atom stereocenters. The SMILES string of the molecule is CNCc1ccc(CN2CCC(C)CC2C)o1. The second kappa shape index (κ2) is 5.69. The van der Waals surface area contributed by atoms with Crippen LogP contribution in [0.4, 0.5) is 0 Å². The molecule has 1 aromatic heterocycles. The van der Waals surface area contributed by atoms with E-state index in [1.807, 2.05) is 7.05 Å². The molecule has 0 amide bonds. The Labute approximate surface area is 104 Å². The first-order chi connectivity index (χ1) is 8.19. The van der Waals surface area contributed by atoms with Crippen molar-refractivity contribution in [3.63, 3.8) is 0 Å². The smallest absolute Gasteiger partial charge is 0.118 e. The van der Waals surface area contributed by atoms with Crippen LogP contribution in [0.15, 0.2) is 16.5 Å². The van der Waals surface area contributed by atoms with Gasteiger partial charge in [0.05, 0.1) is 13.1 Å². The number of likely N-dealkylation sites (tertiary alicyclic amines) is 1. The second-order valence-electron chi connectivity index (χ2n) is 5.35. The number of nitrogens with zero attached hydrogens (tertiary/aromatic N) is 1. The largest absolute Gasteiger partial charge is 0.463 e. The molecular formula is C14H24N2O. The normalized spacial score (nSPS) is 26.3. The van der Waals surface area contributed by atoms with Crippen LogP contribution in [0.3, 0.4) is 0 Å². The molecule has 1 N–H and O–H groups in total. The molecule has 0 bridgehead atoms. The number of nitrogens with one attached hydrogen (secondary N) is 1. The van der Waals surface area contributed by atoms with E-state index in [0.717, 1.165) is 30.5 Å². The van der Waals surface area contributed by atoms with Gasteiger partial charge in [0.1, 0.15) is 11.5 Å². The standard InChI is InChI=1S/C14H24N2O/c1-11-6-7-16(12(2)8-11)10-14-5-4-13(17-14)9-15-3/h4-5,11-12,15H,6-10H2,1-3H3. The molecule has 2 heterocycles. The van der Waals surface area contributed by atoms with Gasteiger partial charge >= 0.3 is 0 Å². The summed E-state index contributed by atoms with van der Waals surface area (Å²) < 4.78 is 5.80. The van der Waals surface area contributed by atoms with Gasteiger partial charge in [-0.25, -0.2) is 0 Å². The Morgan fingerprint density at radius 2 is 2.12 bits per heavy atom. The van der Waals surface area contributed by atoms with Crippen molar-refractivity contribution in [1.29, 1.82) is 0 Å². The van der Waals surface area contributed by atoms with Gasteiger partial charge in [0.25, 0.3) is 0 Å². The molecule has 0 aliphatic carbocycles. The minimum Gasteiger partial charge on any atom is -0.463 e. The molecule has 3 nitrogen and oxygen atoms in total. The molecular weight excluding hydrogens is 212 g/mol. The molecule has 1 saturated heterocycles. The third-order valence-corrected chi connectivity index (χ3v) is 3.70. The van der Waals surface area contributed by atoms with E-state index in [1.165, 1.54) is 19.4 Å². The van der Waals surface area contributed by atoms with E-state index in [4.69, 9.17) is 4.42 Å². The van der Waals surface area contributed by atoms with Crippen LogP contribution in [0.25, 0.3) is 0 Å². The van der Waals surface area contributed by atoms with Crippen molar-refractivity contribution in [2.24, 2.45) is 5.92 Å². The van der Waals surface area contributed by atoms with E-state index in [9.17, 15) is 0 Å². The summed E-state index contributed by atoms with van der Waals surface area (Å²) in [6, 6.07) is 4.86. The lowest BCUT2D eigenvalue weighted by Crippen LogP contribution is -2.39. The van der Waals surface area contributed by atoms with E-state index >= 15 is 0 Å². The van der Waals surface area contributed by atoms with Crippen molar-refractivity contribution in [2.45, 2.75) is 45.8 Å². The van der Waals surface area contributed by atoms with Crippen LogP contribution < -0.4 is 5.32 Å². The maximum absolute atomic E-state index is 5.80. The van der Waals surface area contributed by atoms with Crippen molar-refractivity contribution in [2.75, 3.05) is 13.6 Å². The van der Waals surface area contributed by atoms with Crippen LogP contribution in [0.5, 0.6) is 0 Å². The van der Waals surface area contributed by atoms with Gasteiger partial charge in [-0.2, -0.15) is 0 Å². The molecule has 3 heteroatoms. The lowest BCUT2D eigenvalue weighted by atomic mass is 9.93. The van der Waals surface area contributed by atoms with Gasteiger partial charge in [-0.05, 0) is 51.4 Å². The molecule has 1 fully saturated rings. The van der Waals surface area contributed by atoms with Crippen molar-refractivity contribution < 1.29 is 4.42 Å². The zero-order valence-corrected chi connectivity index (χ0v) is 11.2. The first-order valence-electron chi connectivity index (χ1n) is 6.65. The molecule has 0 radical (unpaired) electrons. The van der Waals surface area contributed by atoms with Crippen molar-refractivity contribution in [3.8, 4) is 0 Å². The van der Waals surface area contributed by atoms with Gasteiger partial charge in [-0.3, -0.25) is 4.90 Å². The summed E-state index contributed by atoms with van der Waals surface area (Å²) >= 11 is 0. The average Bonchev–Trinajstić information content (AvgIpc) is 2.71. The molecule has 2 rings (SSSR count). The van der Waals surface area contributed by atoms with E-state index in [0.29, 0.717) is 6.04 Å². The van der Waals surface area contributed by atoms with Crippen molar-refractivity contribution in [3.05, 3.63) is 23.7 Å². The highest BCUT2D eigenvalue weighted by Gasteiger charge is 2.23. The van der Waals surface area contributed by atoms with E-state index < -0.39 is 0 Å². The van der Waals surface area contributed by atoms with Crippen molar-refractivity contribution >= 4 is 0 Å². The van der Waals surface area contributed by atoms with Crippen LogP contribution in [0.1, 0.15) is 38.2 Å². The maximum Gasteiger partial charge on any atom is 0.118 e. The predicted molar refractivity (Wildman–Crippen MR) is 69.7 cm³/mol. The second-order valence-corrected chi connectivity index (χ2v) is 5.35. The molecule has 1 aromatic rings. The number of piperidine rings is 1. The molecule has 0 saturated carbocycles. The highest BCUT2D eigenvalue weighted by Crippen LogP contribution is 2.24. The minimum absolute atomic E-state index is 0.677. The highest BCUT2D eigenvalue weighted by molar-refractivity contribution is 5.07. The van der Waals surface area contributed by atoms with Crippen LogP contribution in [0, 0.1) is 5.92 Å². The molecule has 17 heavy (non-hydrogen) atoms. The Kier molecular flexibility index (Phi) is 4.24. The first kappa shape index (κ1) is 12.7. The number of furan rings is 1. The highest BCUT2D eigenvalue weighted by atomic mass is 16.3. The third-order valence-electron chi connectivity index (χ3n) is 3.70. The summed E-state index contributed by atoms with van der Waals surface area (Å²) in [6.45, 7) is 7.65. The lowest BCUT2D eigenvalue weighted by Gasteiger charge is -2.35. The number of rotatable bonds is 4. The summed E-state index contributed by atoms with van der Waals surface area (Å²) in [4.78, 5) is 2.53. The van der Waals surface area contributed by atoms with Gasteiger partial charge in [-0.15, -0.1) is 0 Å². The van der Waals surface area contributed by atoms with E-state index in [1.54, 1.807) is 0 Å². The van der Waals surface area contributed by atoms with Crippen molar-refractivity contribution in [1.82, 2.24) is 10.2 Å². The van der Waals surface area contributed by atoms with Gasteiger partial charge in [-0.1, -0.05) is 6.92 Å². The third kappa shape index (κ3) is 3.33. The molecule has 1 aliphatic rings. The van der Waals surface area contributed by atoms with Crippen LogP contribution in [-0.4, -0.2) is 24.5 Å². The Balaban J connectivity index is 1.91. The number of hydrogen-bond donors (Lipinski definition) is 1. The summed E-state index contributed by atoms with van der Waals surface area (Å²) in [5, 5.41) is 3.11. The predicted octanol–water partition coefficient (Wildman–Crippen LogP) is 2.62. The average molecular weight is 236 g/mol. The van der Waals surface area contributed by atoms with E-state index in [-0.39, 0.29) is 0 Å². The zero-order chi connectivity index (χ0) is 12.3. The summed E-state index contributed by atoms with van der Waals surface area (Å²) in [5.41, 5.74) is 0. The van der Waals surface area contributed by atoms with Crippen LogP contribution in [0.2, 0.25) is 0 Å². The fourth-order valence-electron chi connectivity index (χ4n) is 2.67. The zero-order valence-electron chi connectivity index (χ0n) is 11.2. The summed E-state index contributed by atoms with van der Waals surface area (Å²) in [6.07, 6.45) is 2.62. The molecule has 96 valence electrons.